The van der Waals surface area contributed by atoms with Crippen LogP contribution in [0, 0.1) is 5.92 Å². The van der Waals surface area contributed by atoms with Gasteiger partial charge in [0.25, 0.3) is 0 Å². The van der Waals surface area contributed by atoms with Gasteiger partial charge >= 0.3 is 0 Å². The van der Waals surface area contributed by atoms with Crippen molar-refractivity contribution in [2.24, 2.45) is 11.7 Å². The number of nitrogens with one attached hydrogen (secondary N) is 1. The maximum Gasteiger partial charge on any atom is 0.237 e. The molecule has 0 saturated heterocycles. The van der Waals surface area contributed by atoms with Gasteiger partial charge in [0, 0.05) is 12.0 Å². The molecule has 1 aliphatic rings. The van der Waals surface area contributed by atoms with Gasteiger partial charge in [0.2, 0.25) is 15.9 Å². The van der Waals surface area contributed by atoms with Crippen molar-refractivity contribution in [3.63, 3.8) is 0 Å². The third-order valence-corrected chi connectivity index (χ3v) is 4.68. The first-order chi connectivity index (χ1) is 7.33. The lowest BCUT2D eigenvalue weighted by Crippen LogP contribution is -2.42. The zero-order valence-corrected chi connectivity index (χ0v) is 10.6. The quantitative estimate of drug-likeness (QED) is 0.754. The fourth-order valence-electron chi connectivity index (χ4n) is 1.81. The highest BCUT2D eigenvalue weighted by molar-refractivity contribution is 7.90. The van der Waals surface area contributed by atoms with Crippen molar-refractivity contribution in [3.05, 3.63) is 0 Å². The molecule has 2 unspecified atom stereocenters. The number of rotatable bonds is 3. The highest BCUT2D eigenvalue weighted by atomic mass is 32.2. The topological polar surface area (TPSA) is 89.3 Å². The van der Waals surface area contributed by atoms with E-state index in [4.69, 9.17) is 5.73 Å². The van der Waals surface area contributed by atoms with E-state index < -0.39 is 21.2 Å². The van der Waals surface area contributed by atoms with Crippen molar-refractivity contribution in [3.8, 4) is 0 Å². The molecule has 94 valence electrons. The van der Waals surface area contributed by atoms with E-state index >= 15 is 0 Å². The second kappa shape index (κ2) is 5.14. The molecule has 0 aromatic heterocycles. The molecule has 0 radical (unpaired) electrons. The number of nitrogens with two attached hydrogens (primary N) is 1. The SMILES string of the molecule is CC(C)S(=O)(=O)NC(=O)C1CCCC(N)C1. The first-order valence-corrected chi connectivity index (χ1v) is 7.18. The molecule has 5 nitrogen and oxygen atoms in total. The molecule has 1 fully saturated rings. The van der Waals surface area contributed by atoms with E-state index in [2.05, 4.69) is 4.72 Å². The van der Waals surface area contributed by atoms with Gasteiger partial charge in [-0.2, -0.15) is 0 Å². The average molecular weight is 248 g/mol. The van der Waals surface area contributed by atoms with E-state index in [9.17, 15) is 13.2 Å². The van der Waals surface area contributed by atoms with Gasteiger partial charge < -0.3 is 5.73 Å². The lowest BCUT2D eigenvalue weighted by molar-refractivity contribution is -0.124. The maximum atomic E-state index is 11.7. The number of hydrogen-bond acceptors (Lipinski definition) is 4. The lowest BCUT2D eigenvalue weighted by atomic mass is 9.86. The summed E-state index contributed by atoms with van der Waals surface area (Å²) in [4.78, 5) is 11.7. The number of carbonyl (C=O) groups excluding carboxylic acids is 1. The summed E-state index contributed by atoms with van der Waals surface area (Å²) in [6.07, 6.45) is 3.12. The molecule has 1 rings (SSSR count). The molecule has 0 bridgehead atoms. The van der Waals surface area contributed by atoms with Crippen LogP contribution in [0.3, 0.4) is 0 Å². The molecule has 0 heterocycles. The molecule has 3 N–H and O–H groups in total. The van der Waals surface area contributed by atoms with Crippen LogP contribution in [-0.4, -0.2) is 25.6 Å². The monoisotopic (exact) mass is 248 g/mol. The molecule has 16 heavy (non-hydrogen) atoms. The summed E-state index contributed by atoms with van der Waals surface area (Å²) < 4.78 is 25.1. The molecule has 0 spiro atoms. The fourth-order valence-corrected chi connectivity index (χ4v) is 2.49. The molecule has 0 aromatic carbocycles. The molecular weight excluding hydrogens is 228 g/mol. The first kappa shape index (κ1) is 13.4. The third-order valence-electron chi connectivity index (χ3n) is 2.95. The highest BCUT2D eigenvalue weighted by Gasteiger charge is 2.28. The van der Waals surface area contributed by atoms with Crippen LogP contribution < -0.4 is 10.5 Å². The Morgan fingerprint density at radius 2 is 2.00 bits per heavy atom. The van der Waals surface area contributed by atoms with Crippen LogP contribution in [0.2, 0.25) is 0 Å². The summed E-state index contributed by atoms with van der Waals surface area (Å²) in [5.74, 6) is -0.652. The van der Waals surface area contributed by atoms with Crippen LogP contribution in [0.5, 0.6) is 0 Å². The van der Waals surface area contributed by atoms with Crippen LogP contribution in [0.1, 0.15) is 39.5 Å². The van der Waals surface area contributed by atoms with Gasteiger partial charge in [0.15, 0.2) is 0 Å². The summed E-state index contributed by atoms with van der Waals surface area (Å²) in [7, 11) is -3.50. The predicted octanol–water partition coefficient (Wildman–Crippen LogP) is 0.358. The summed E-state index contributed by atoms with van der Waals surface area (Å²) in [6, 6.07) is 0.0197. The van der Waals surface area contributed by atoms with E-state index in [1.807, 2.05) is 0 Å². The van der Waals surface area contributed by atoms with Gasteiger partial charge in [-0.25, -0.2) is 8.42 Å². The zero-order chi connectivity index (χ0) is 12.3. The Hall–Kier alpha value is -0.620. The number of sulfonamides is 1. The van der Waals surface area contributed by atoms with Crippen LogP contribution in [0.25, 0.3) is 0 Å². The molecular formula is C10H20N2O3S. The normalized spacial score (nSPS) is 26.8. The molecule has 1 amide bonds. The number of amides is 1. The molecule has 6 heteroatoms. The van der Waals surface area contributed by atoms with Gasteiger partial charge in [-0.05, 0) is 33.1 Å². The lowest BCUT2D eigenvalue weighted by Gasteiger charge is -2.25. The number of carbonyl (C=O) groups is 1. The van der Waals surface area contributed by atoms with E-state index in [-0.39, 0.29) is 12.0 Å². The van der Waals surface area contributed by atoms with Gasteiger partial charge in [-0.15, -0.1) is 0 Å². The largest absolute Gasteiger partial charge is 0.328 e. The third kappa shape index (κ3) is 3.45. The van der Waals surface area contributed by atoms with Crippen molar-refractivity contribution >= 4 is 15.9 Å². The second-order valence-electron chi connectivity index (χ2n) is 4.68. The van der Waals surface area contributed by atoms with Gasteiger partial charge in [-0.3, -0.25) is 9.52 Å². The Morgan fingerprint density at radius 3 is 2.50 bits per heavy atom. The van der Waals surface area contributed by atoms with Crippen molar-refractivity contribution in [1.82, 2.24) is 4.72 Å². The fraction of sp³-hybridized carbons (Fsp3) is 0.900. The van der Waals surface area contributed by atoms with Crippen LogP contribution in [0.15, 0.2) is 0 Å². The molecule has 0 aromatic rings. The molecule has 1 saturated carbocycles. The van der Waals surface area contributed by atoms with Gasteiger partial charge in [0.1, 0.15) is 0 Å². The highest BCUT2D eigenvalue weighted by Crippen LogP contribution is 2.23. The molecule has 2 atom stereocenters. The summed E-state index contributed by atoms with van der Waals surface area (Å²) >= 11 is 0. The van der Waals surface area contributed by atoms with Crippen LogP contribution in [-0.2, 0) is 14.8 Å². The van der Waals surface area contributed by atoms with Crippen molar-refractivity contribution in [2.75, 3.05) is 0 Å². The van der Waals surface area contributed by atoms with E-state index in [0.717, 1.165) is 19.3 Å². The number of hydrogen-bond donors (Lipinski definition) is 2. The summed E-state index contributed by atoms with van der Waals surface area (Å²) in [5.41, 5.74) is 5.76. The maximum absolute atomic E-state index is 11.7. The predicted molar refractivity (Wildman–Crippen MR) is 62.1 cm³/mol. The van der Waals surface area contributed by atoms with Gasteiger partial charge in [-0.1, -0.05) is 6.42 Å². The summed E-state index contributed by atoms with van der Waals surface area (Å²) in [5, 5.41) is -0.589. The first-order valence-electron chi connectivity index (χ1n) is 5.64. The van der Waals surface area contributed by atoms with Gasteiger partial charge in [0.05, 0.1) is 5.25 Å². The Morgan fingerprint density at radius 1 is 1.38 bits per heavy atom. The van der Waals surface area contributed by atoms with Crippen molar-refractivity contribution in [2.45, 2.75) is 50.8 Å². The smallest absolute Gasteiger partial charge is 0.237 e. The minimum atomic E-state index is -3.50. The Balaban J connectivity index is 2.59. The Kier molecular flexibility index (Phi) is 4.32. The molecule has 1 aliphatic carbocycles. The van der Waals surface area contributed by atoms with Crippen molar-refractivity contribution in [1.29, 1.82) is 0 Å². The molecule has 0 aliphatic heterocycles. The standard InChI is InChI=1S/C10H20N2O3S/c1-7(2)16(14,15)12-10(13)8-4-3-5-9(11)6-8/h7-9H,3-6,11H2,1-2H3,(H,12,13). The minimum absolute atomic E-state index is 0.0197. The second-order valence-corrected chi connectivity index (χ2v) is 6.92. The minimum Gasteiger partial charge on any atom is -0.328 e. The van der Waals surface area contributed by atoms with E-state index in [1.54, 1.807) is 13.8 Å². The van der Waals surface area contributed by atoms with Crippen molar-refractivity contribution < 1.29 is 13.2 Å². The Bertz CT molecular complexity index is 351. The van der Waals surface area contributed by atoms with Crippen LogP contribution in [0.4, 0.5) is 0 Å². The zero-order valence-electron chi connectivity index (χ0n) is 9.77. The Labute approximate surface area is 96.8 Å². The van der Waals surface area contributed by atoms with E-state index in [0.29, 0.717) is 6.42 Å². The summed E-state index contributed by atoms with van der Waals surface area (Å²) in [6.45, 7) is 3.09. The van der Waals surface area contributed by atoms with E-state index in [1.165, 1.54) is 0 Å². The van der Waals surface area contributed by atoms with Crippen LogP contribution >= 0.6 is 0 Å². The average Bonchev–Trinajstić information content (AvgIpc) is 2.16.